The van der Waals surface area contributed by atoms with E-state index in [-0.39, 0.29) is 0 Å². The average Bonchev–Trinajstić information content (AvgIpc) is 2.79. The molecule has 0 spiro atoms. The highest BCUT2D eigenvalue weighted by Crippen LogP contribution is 2.35. The molecule has 0 radical (unpaired) electrons. The molecule has 18 heavy (non-hydrogen) atoms. The number of hydrogen-bond donors (Lipinski definition) is 2. The Labute approximate surface area is 106 Å². The number of benzene rings is 1. The Bertz CT molecular complexity index is 522. The van der Waals surface area contributed by atoms with E-state index in [9.17, 15) is 0 Å². The third-order valence-electron chi connectivity index (χ3n) is 3.34. The van der Waals surface area contributed by atoms with Crippen molar-refractivity contribution in [3.63, 3.8) is 0 Å². The number of para-hydroxylation sites is 1. The van der Waals surface area contributed by atoms with E-state index < -0.39 is 0 Å². The summed E-state index contributed by atoms with van der Waals surface area (Å²) >= 11 is 0. The minimum atomic E-state index is 0.292. The molecule has 0 fully saturated rings. The number of fused-ring (bicyclic) bond motifs is 1. The van der Waals surface area contributed by atoms with Crippen molar-refractivity contribution >= 4 is 5.69 Å². The number of ether oxygens (including phenoxy) is 1. The summed E-state index contributed by atoms with van der Waals surface area (Å²) in [5, 5.41) is 10.3. The molecule has 0 bridgehead atoms. The summed E-state index contributed by atoms with van der Waals surface area (Å²) < 4.78 is 5.87. The monoisotopic (exact) mass is 243 g/mol. The van der Waals surface area contributed by atoms with E-state index in [0.29, 0.717) is 6.04 Å². The maximum Gasteiger partial charge on any atom is 0.127 e. The van der Waals surface area contributed by atoms with Crippen LogP contribution in [0.4, 0.5) is 5.69 Å². The Morgan fingerprint density at radius 3 is 3.22 bits per heavy atom. The fourth-order valence-electron chi connectivity index (χ4n) is 2.44. The highest BCUT2D eigenvalue weighted by molar-refractivity contribution is 5.48. The van der Waals surface area contributed by atoms with Crippen molar-refractivity contribution in [3.05, 3.63) is 41.7 Å². The number of nitrogens with one attached hydrogen (secondary N) is 2. The van der Waals surface area contributed by atoms with Gasteiger partial charge in [-0.1, -0.05) is 18.2 Å². The number of aromatic amines is 1. The Balaban J connectivity index is 1.94. The van der Waals surface area contributed by atoms with Crippen LogP contribution in [-0.4, -0.2) is 16.8 Å². The molecule has 0 saturated carbocycles. The number of anilines is 1. The number of aryl methyl sites for hydroxylation is 1. The third-order valence-corrected chi connectivity index (χ3v) is 3.34. The Hall–Kier alpha value is -1.97. The molecule has 1 aromatic heterocycles. The van der Waals surface area contributed by atoms with Crippen molar-refractivity contribution in [1.29, 1.82) is 0 Å². The molecule has 1 unspecified atom stereocenters. The van der Waals surface area contributed by atoms with Gasteiger partial charge in [-0.25, -0.2) is 0 Å². The van der Waals surface area contributed by atoms with Crippen LogP contribution < -0.4 is 10.1 Å². The van der Waals surface area contributed by atoms with Gasteiger partial charge in [0.1, 0.15) is 5.75 Å². The molecule has 1 aromatic carbocycles. The van der Waals surface area contributed by atoms with E-state index in [4.69, 9.17) is 4.74 Å². The van der Waals surface area contributed by atoms with Gasteiger partial charge in [-0.15, -0.1) is 0 Å². The first kappa shape index (κ1) is 11.1. The highest BCUT2D eigenvalue weighted by Gasteiger charge is 2.20. The van der Waals surface area contributed by atoms with E-state index >= 15 is 0 Å². The summed E-state index contributed by atoms with van der Waals surface area (Å²) in [5.41, 5.74) is 3.47. The van der Waals surface area contributed by atoms with Crippen molar-refractivity contribution in [2.24, 2.45) is 0 Å². The van der Waals surface area contributed by atoms with Crippen LogP contribution in [0.5, 0.6) is 5.75 Å². The van der Waals surface area contributed by atoms with Crippen LogP contribution in [0.2, 0.25) is 0 Å². The molecule has 2 N–H and O–H groups in total. The Kier molecular flexibility index (Phi) is 2.92. The molecular formula is C14H17N3O. The van der Waals surface area contributed by atoms with Crippen LogP contribution in [0.1, 0.15) is 30.0 Å². The van der Waals surface area contributed by atoms with Crippen LogP contribution >= 0.6 is 0 Å². The predicted octanol–water partition coefficient (Wildman–Crippen LogP) is 3.04. The topological polar surface area (TPSA) is 49.9 Å². The van der Waals surface area contributed by atoms with E-state index in [0.717, 1.165) is 30.9 Å². The lowest BCUT2D eigenvalue weighted by atomic mass is 10.00. The SMILES string of the molecule is Cc1cccc2c1OCCCC2Nc1cn[nH]c1. The number of H-pyrrole nitrogens is 1. The summed E-state index contributed by atoms with van der Waals surface area (Å²) in [7, 11) is 0. The summed E-state index contributed by atoms with van der Waals surface area (Å²) in [5.74, 6) is 1.04. The van der Waals surface area contributed by atoms with Crippen molar-refractivity contribution in [2.75, 3.05) is 11.9 Å². The van der Waals surface area contributed by atoms with Gasteiger partial charge in [0, 0.05) is 11.8 Å². The smallest absolute Gasteiger partial charge is 0.127 e. The molecule has 1 atom stereocenters. The van der Waals surface area contributed by atoms with Crippen LogP contribution in [0.25, 0.3) is 0 Å². The second-order valence-electron chi connectivity index (χ2n) is 4.67. The number of aromatic nitrogens is 2. The van der Waals surface area contributed by atoms with Crippen LogP contribution in [0.15, 0.2) is 30.6 Å². The van der Waals surface area contributed by atoms with Crippen LogP contribution in [0.3, 0.4) is 0 Å². The van der Waals surface area contributed by atoms with Gasteiger partial charge in [0.05, 0.1) is 24.5 Å². The molecule has 2 heterocycles. The zero-order chi connectivity index (χ0) is 12.4. The normalized spacial score (nSPS) is 18.6. The van der Waals surface area contributed by atoms with Gasteiger partial charge in [-0.2, -0.15) is 5.10 Å². The van der Waals surface area contributed by atoms with E-state index in [1.165, 1.54) is 11.1 Å². The lowest BCUT2D eigenvalue weighted by Gasteiger charge is -2.19. The summed E-state index contributed by atoms with van der Waals surface area (Å²) in [6.07, 6.45) is 5.81. The second-order valence-corrected chi connectivity index (χ2v) is 4.67. The standard InChI is InChI=1S/C14H17N3O/c1-10-4-2-5-12-13(6-3-7-18-14(10)12)17-11-8-15-16-9-11/h2,4-5,8-9,13,17H,3,6-7H2,1H3,(H,15,16). The molecule has 3 rings (SSSR count). The molecule has 0 saturated heterocycles. The molecule has 4 heteroatoms. The van der Waals surface area contributed by atoms with Crippen molar-refractivity contribution in [1.82, 2.24) is 10.2 Å². The number of hydrogen-bond acceptors (Lipinski definition) is 3. The predicted molar refractivity (Wildman–Crippen MR) is 70.9 cm³/mol. The fraction of sp³-hybridized carbons (Fsp3) is 0.357. The molecule has 1 aliphatic rings. The minimum absolute atomic E-state index is 0.292. The lowest BCUT2D eigenvalue weighted by Crippen LogP contribution is -2.09. The van der Waals surface area contributed by atoms with E-state index in [1.807, 2.05) is 6.20 Å². The molecule has 0 amide bonds. The zero-order valence-corrected chi connectivity index (χ0v) is 10.4. The summed E-state index contributed by atoms with van der Waals surface area (Å²) in [4.78, 5) is 0. The Morgan fingerprint density at radius 2 is 2.39 bits per heavy atom. The first-order chi connectivity index (χ1) is 8.84. The van der Waals surface area contributed by atoms with Crippen molar-refractivity contribution < 1.29 is 4.74 Å². The van der Waals surface area contributed by atoms with E-state index in [2.05, 4.69) is 40.6 Å². The molecule has 4 nitrogen and oxygen atoms in total. The average molecular weight is 243 g/mol. The fourth-order valence-corrected chi connectivity index (χ4v) is 2.44. The summed E-state index contributed by atoms with van der Waals surface area (Å²) in [6, 6.07) is 6.62. The Morgan fingerprint density at radius 1 is 1.44 bits per heavy atom. The lowest BCUT2D eigenvalue weighted by molar-refractivity contribution is 0.314. The van der Waals surface area contributed by atoms with Gasteiger partial charge in [0.15, 0.2) is 0 Å². The van der Waals surface area contributed by atoms with Gasteiger partial charge in [0.25, 0.3) is 0 Å². The zero-order valence-electron chi connectivity index (χ0n) is 10.4. The molecule has 2 aromatic rings. The maximum absolute atomic E-state index is 5.87. The summed E-state index contributed by atoms with van der Waals surface area (Å²) in [6.45, 7) is 2.89. The molecule has 1 aliphatic heterocycles. The number of nitrogens with zero attached hydrogens (tertiary/aromatic N) is 1. The molecule has 94 valence electrons. The maximum atomic E-state index is 5.87. The quantitative estimate of drug-likeness (QED) is 0.852. The van der Waals surface area contributed by atoms with Gasteiger partial charge in [-0.3, -0.25) is 5.10 Å². The van der Waals surface area contributed by atoms with Gasteiger partial charge in [0.2, 0.25) is 0 Å². The second kappa shape index (κ2) is 4.72. The number of rotatable bonds is 2. The first-order valence-corrected chi connectivity index (χ1v) is 6.32. The highest BCUT2D eigenvalue weighted by atomic mass is 16.5. The van der Waals surface area contributed by atoms with Crippen LogP contribution in [0, 0.1) is 6.92 Å². The first-order valence-electron chi connectivity index (χ1n) is 6.32. The largest absolute Gasteiger partial charge is 0.493 e. The minimum Gasteiger partial charge on any atom is -0.493 e. The van der Waals surface area contributed by atoms with Crippen molar-refractivity contribution in [2.45, 2.75) is 25.8 Å². The van der Waals surface area contributed by atoms with Crippen LogP contribution in [-0.2, 0) is 0 Å². The third kappa shape index (κ3) is 2.06. The molecule has 0 aliphatic carbocycles. The van der Waals surface area contributed by atoms with Gasteiger partial charge >= 0.3 is 0 Å². The van der Waals surface area contributed by atoms with Gasteiger partial charge in [-0.05, 0) is 25.3 Å². The van der Waals surface area contributed by atoms with Gasteiger partial charge < -0.3 is 10.1 Å². The van der Waals surface area contributed by atoms with Crippen molar-refractivity contribution in [3.8, 4) is 5.75 Å². The van der Waals surface area contributed by atoms with E-state index in [1.54, 1.807) is 6.20 Å². The molecular weight excluding hydrogens is 226 g/mol.